The summed E-state index contributed by atoms with van der Waals surface area (Å²) >= 11 is 0. The van der Waals surface area contributed by atoms with Crippen molar-refractivity contribution in [2.75, 3.05) is 44.7 Å². The van der Waals surface area contributed by atoms with Gasteiger partial charge in [-0.1, -0.05) is 413 Å². The minimum absolute atomic E-state index is 0.619. The highest BCUT2D eigenvalue weighted by Crippen LogP contribution is 2.46. The fourth-order valence-corrected chi connectivity index (χ4v) is 15.0. The van der Waals surface area contributed by atoms with Gasteiger partial charge in [0.1, 0.15) is 0 Å². The van der Waals surface area contributed by atoms with Crippen molar-refractivity contribution in [3.8, 4) is 45.6 Å². The van der Waals surface area contributed by atoms with Crippen molar-refractivity contribution in [3.05, 3.63) is 78.4 Å². The molecule has 9 heteroatoms. The fraction of sp³-hybridized carbons (Fsp3) is 0.742. The summed E-state index contributed by atoms with van der Waals surface area (Å²) in [5, 5.41) is 2.19. The Bertz CT molecular complexity index is 2620. The molecule has 106 heavy (non-hydrogen) atoms. The Morgan fingerprint density at radius 2 is 0.491 bits per heavy atom. The summed E-state index contributed by atoms with van der Waals surface area (Å²) in [5.41, 5.74) is 9.66. The lowest BCUT2D eigenvalue weighted by Crippen LogP contribution is -2.41. The number of nitrogens with one attached hydrogen (secondary N) is 1. The van der Waals surface area contributed by atoms with Gasteiger partial charge in [0.2, 0.25) is 11.5 Å². The van der Waals surface area contributed by atoms with Crippen LogP contribution in [0, 0.1) is 0 Å². The smallest absolute Gasteiger partial charge is 0.203 e. The molecule has 4 aromatic carbocycles. The second-order valence-electron chi connectivity index (χ2n) is 31.7. The van der Waals surface area contributed by atoms with Crippen LogP contribution in [-0.4, -0.2) is 45.5 Å². The number of hydrogen-bond donors (Lipinski definition) is 1. The van der Waals surface area contributed by atoms with E-state index in [1.54, 1.807) is 0 Å². The van der Waals surface area contributed by atoms with Crippen LogP contribution in [0.5, 0.6) is 34.5 Å². The monoisotopic (exact) mass is 1470 g/mol. The van der Waals surface area contributed by atoms with Gasteiger partial charge < -0.3 is 28.4 Å². The molecule has 1 aliphatic rings. The molecule has 0 fully saturated rings. The topological polar surface area (TPSA) is 83.0 Å². The van der Waals surface area contributed by atoms with Crippen LogP contribution in [0.15, 0.2) is 77.8 Å². The van der Waals surface area contributed by atoms with Crippen LogP contribution in [0.25, 0.3) is 11.1 Å². The lowest BCUT2D eigenvalue weighted by Gasteiger charge is -2.32. The van der Waals surface area contributed by atoms with Gasteiger partial charge in [-0.25, -0.2) is 4.99 Å². The molecule has 0 unspecified atom stereocenters. The minimum Gasteiger partial charge on any atom is -0.490 e. The quantitative estimate of drug-likeness (QED) is 0.0438. The second-order valence-corrected chi connectivity index (χ2v) is 31.7. The Kier molecular flexibility index (Phi) is 55.9. The van der Waals surface area contributed by atoms with Gasteiger partial charge in [0.05, 0.1) is 56.7 Å². The third-order valence-corrected chi connectivity index (χ3v) is 21.8. The molecule has 9 nitrogen and oxygen atoms in total. The van der Waals surface area contributed by atoms with E-state index in [4.69, 9.17) is 33.4 Å². The van der Waals surface area contributed by atoms with Crippen molar-refractivity contribution in [2.45, 2.75) is 427 Å². The maximum atomic E-state index is 7.00. The van der Waals surface area contributed by atoms with E-state index in [1.807, 2.05) is 0 Å². The van der Waals surface area contributed by atoms with E-state index in [9.17, 15) is 0 Å². The van der Waals surface area contributed by atoms with E-state index < -0.39 is 0 Å². The molecule has 0 aliphatic carbocycles. The molecule has 5 rings (SSSR count). The molecule has 0 aromatic heterocycles. The molecular weight excluding hydrogens is 1300 g/mol. The van der Waals surface area contributed by atoms with Crippen LogP contribution < -0.4 is 38.9 Å². The highest BCUT2D eigenvalue weighted by molar-refractivity contribution is 6.06. The zero-order valence-corrected chi connectivity index (χ0v) is 69.9. The predicted molar refractivity (Wildman–Crippen MR) is 460 cm³/mol. The minimum atomic E-state index is 0.619. The average Bonchev–Trinajstić information content (AvgIpc) is 0.764. The van der Waals surface area contributed by atoms with E-state index in [0.29, 0.717) is 39.6 Å². The first-order valence-electron chi connectivity index (χ1n) is 46.0. The van der Waals surface area contributed by atoms with Gasteiger partial charge in [0, 0.05) is 5.56 Å². The Balaban J connectivity index is 1.52. The number of benzene rings is 4. The predicted octanol–water partition coefficient (Wildman–Crippen LogP) is 31.9. The molecule has 0 bridgehead atoms. The lowest BCUT2D eigenvalue weighted by atomic mass is 10.0. The van der Waals surface area contributed by atoms with E-state index in [-0.39, 0.29) is 0 Å². The molecule has 602 valence electrons. The highest BCUT2D eigenvalue weighted by Gasteiger charge is 2.27. The number of anilines is 2. The molecule has 1 heterocycles. The number of amidine groups is 1. The summed E-state index contributed by atoms with van der Waals surface area (Å²) in [6, 6.07) is 26.2. The molecule has 1 N–H and O–H groups in total. The molecular formula is C97H163N3O6. The summed E-state index contributed by atoms with van der Waals surface area (Å²) in [6.07, 6.45) is 76.7. The second kappa shape index (κ2) is 64.7. The number of hydrazine groups is 1. The fourth-order valence-electron chi connectivity index (χ4n) is 15.0. The molecule has 1 aliphatic heterocycles. The van der Waals surface area contributed by atoms with Crippen LogP contribution in [0.3, 0.4) is 0 Å². The summed E-state index contributed by atoms with van der Waals surface area (Å²) < 4.78 is 41.9. The van der Waals surface area contributed by atoms with E-state index in [2.05, 4.69) is 125 Å². The van der Waals surface area contributed by atoms with Crippen molar-refractivity contribution in [3.63, 3.8) is 0 Å². The van der Waals surface area contributed by atoms with Gasteiger partial charge >= 0.3 is 0 Å². The number of ether oxygens (including phenoxy) is 6. The van der Waals surface area contributed by atoms with Crippen molar-refractivity contribution in [1.82, 2.24) is 5.43 Å². The lowest BCUT2D eigenvalue weighted by molar-refractivity contribution is 0.234. The number of unbranched alkanes of at least 4 members (excludes halogenated alkanes) is 54. The van der Waals surface area contributed by atoms with Gasteiger partial charge in [-0.15, -0.1) is 0 Å². The van der Waals surface area contributed by atoms with Gasteiger partial charge in [0.15, 0.2) is 28.8 Å². The molecule has 0 saturated carbocycles. The Hall–Kier alpha value is -5.05. The number of fused-ring (bicyclic) bond motifs is 1. The standard InChI is InChI=1S/C97H163N3O6/c1-7-13-19-25-31-37-43-49-55-64-74-101-91-81-86(82-92(102-75-65-56-50-44-38-32-26-20-14-8-2)95(91)105-78-68-59-53-47-41-35-29-23-17-11-5)85-72-73-90-89(80-85)98-97(99-100(90)88-70-62-61-63-71-88)87-83-93(103-76-66-57-51-45-39-33-27-21-15-9-3)96(106-79-69-60-54-48-42-36-30-24-18-12-6)94(84-87)104-77-67-58-52-46-40-34-28-22-16-10-4/h61-63,70-73,80-84H,7-60,64-69,74-79H2,1-6H3,(H,98,99). The first-order valence-corrected chi connectivity index (χ1v) is 46.0. The largest absolute Gasteiger partial charge is 0.490 e. The molecule has 0 amide bonds. The van der Waals surface area contributed by atoms with Crippen molar-refractivity contribution < 1.29 is 28.4 Å². The highest BCUT2D eigenvalue weighted by atomic mass is 16.5. The Morgan fingerprint density at radius 1 is 0.245 bits per heavy atom. The normalized spacial score (nSPS) is 12.0. The van der Waals surface area contributed by atoms with Crippen LogP contribution in [-0.2, 0) is 0 Å². The zero-order valence-electron chi connectivity index (χ0n) is 69.9. The first-order chi connectivity index (χ1) is 52.5. The Labute approximate surface area is 653 Å². The molecule has 0 spiro atoms. The van der Waals surface area contributed by atoms with E-state index in [1.165, 1.54) is 315 Å². The molecule has 4 aromatic rings. The van der Waals surface area contributed by atoms with Crippen molar-refractivity contribution in [2.24, 2.45) is 4.99 Å². The zero-order chi connectivity index (χ0) is 74.9. The van der Waals surface area contributed by atoms with Gasteiger partial charge in [-0.05, 0) is 98.2 Å². The average molecular weight is 1470 g/mol. The van der Waals surface area contributed by atoms with Crippen LogP contribution in [0.2, 0.25) is 0 Å². The maximum Gasteiger partial charge on any atom is 0.203 e. The molecule has 0 atom stereocenters. The van der Waals surface area contributed by atoms with Crippen molar-refractivity contribution >= 4 is 22.9 Å². The molecule has 0 saturated heterocycles. The number of nitrogens with zero attached hydrogens (tertiary/aromatic N) is 2. The summed E-state index contributed by atoms with van der Waals surface area (Å²) in [4.78, 5) is 5.64. The SMILES string of the molecule is CCCCCCCCCCCCOc1cc(C2=Nc3cc(-c4cc(OCCCCCCCCCCCC)c(OCCCCCCCCCCCC)c(OCCCCCCCCCCCC)c4)ccc3N(c3ccccc3)N2)cc(OCCCCCCCCCCCC)c1OCCCCCCCCCCCC. The van der Waals surface area contributed by atoms with Crippen LogP contribution in [0.1, 0.15) is 432 Å². The summed E-state index contributed by atoms with van der Waals surface area (Å²) in [6.45, 7) is 17.6. The van der Waals surface area contributed by atoms with E-state index >= 15 is 0 Å². The number of hydrogen-bond acceptors (Lipinski definition) is 9. The van der Waals surface area contributed by atoms with Gasteiger partial charge in [-0.3, -0.25) is 10.4 Å². The van der Waals surface area contributed by atoms with Crippen LogP contribution in [0.4, 0.5) is 17.1 Å². The first kappa shape index (κ1) is 91.6. The van der Waals surface area contributed by atoms with Crippen LogP contribution >= 0.6 is 0 Å². The van der Waals surface area contributed by atoms with Gasteiger partial charge in [0.25, 0.3) is 0 Å². The van der Waals surface area contributed by atoms with Gasteiger partial charge in [-0.2, -0.15) is 0 Å². The maximum absolute atomic E-state index is 7.00. The van der Waals surface area contributed by atoms with Crippen molar-refractivity contribution in [1.29, 1.82) is 0 Å². The number of para-hydroxylation sites is 1. The van der Waals surface area contributed by atoms with E-state index in [0.717, 1.165) is 145 Å². The number of aliphatic imine (C=N–C) groups is 1. The molecule has 0 radical (unpaired) electrons. The summed E-state index contributed by atoms with van der Waals surface area (Å²) in [5.74, 6) is 5.23. The third-order valence-electron chi connectivity index (χ3n) is 21.8. The summed E-state index contributed by atoms with van der Waals surface area (Å²) in [7, 11) is 0. The Morgan fingerprint density at radius 3 is 0.764 bits per heavy atom. The third kappa shape index (κ3) is 42.2. The number of rotatable bonds is 75.